The molecule has 3 nitrogen and oxygen atoms in total. The lowest BCUT2D eigenvalue weighted by Crippen LogP contribution is -2.19. The largest absolute Gasteiger partial charge is 0.319 e. The van der Waals surface area contributed by atoms with Crippen LogP contribution in [-0.2, 0) is 9.59 Å². The van der Waals surface area contributed by atoms with Crippen LogP contribution in [-0.4, -0.2) is 18.1 Å². The Hall–Kier alpha value is -0.960. The van der Waals surface area contributed by atoms with Gasteiger partial charge in [-0.1, -0.05) is 13.0 Å². The zero-order valence-corrected chi connectivity index (χ0v) is 6.83. The molecule has 62 valence electrons. The lowest BCUT2D eigenvalue weighted by Gasteiger charge is -1.98. The quantitative estimate of drug-likeness (QED) is 0.473. The minimum atomic E-state index is -0.648. The molecule has 0 aliphatic rings. The predicted octanol–water partition coefficient (Wildman–Crippen LogP) is 0.438. The highest BCUT2D eigenvalue weighted by atomic mass is 16.1. The van der Waals surface area contributed by atoms with Crippen molar-refractivity contribution in [2.75, 3.05) is 0 Å². The summed E-state index contributed by atoms with van der Waals surface area (Å²) in [7, 11) is 0. The second kappa shape index (κ2) is 4.79. The third-order valence-electron chi connectivity index (χ3n) is 1.36. The highest BCUT2D eigenvalue weighted by molar-refractivity contribution is 5.95. The first-order valence-corrected chi connectivity index (χ1v) is 3.54. The van der Waals surface area contributed by atoms with E-state index in [4.69, 9.17) is 5.73 Å². The maximum absolute atomic E-state index is 10.9. The minimum Gasteiger partial charge on any atom is -0.319 e. The fourth-order valence-corrected chi connectivity index (χ4v) is 0.700. The van der Waals surface area contributed by atoms with Gasteiger partial charge < -0.3 is 10.5 Å². The van der Waals surface area contributed by atoms with E-state index in [1.54, 1.807) is 13.8 Å². The van der Waals surface area contributed by atoms with E-state index in [-0.39, 0.29) is 5.78 Å². The Bertz CT molecular complexity index is 185. The van der Waals surface area contributed by atoms with Crippen molar-refractivity contribution in [1.29, 1.82) is 0 Å². The third kappa shape index (κ3) is 3.68. The van der Waals surface area contributed by atoms with Gasteiger partial charge >= 0.3 is 0 Å². The normalized spacial score (nSPS) is 14.3. The maximum Gasteiger partial charge on any atom is 0.158 e. The third-order valence-corrected chi connectivity index (χ3v) is 1.36. The SMILES string of the molecule is CCC(=O)/C(C)=C/C(N)C=O. The van der Waals surface area contributed by atoms with Gasteiger partial charge in [0.2, 0.25) is 0 Å². The Morgan fingerprint density at radius 1 is 1.64 bits per heavy atom. The molecule has 0 amide bonds. The van der Waals surface area contributed by atoms with E-state index in [2.05, 4.69) is 0 Å². The average molecular weight is 155 g/mol. The lowest BCUT2D eigenvalue weighted by molar-refractivity contribution is -0.115. The Balaban J connectivity index is 4.20. The van der Waals surface area contributed by atoms with Crippen molar-refractivity contribution in [1.82, 2.24) is 0 Å². The topological polar surface area (TPSA) is 60.2 Å². The molecule has 2 N–H and O–H groups in total. The molecule has 0 spiro atoms. The highest BCUT2D eigenvalue weighted by Gasteiger charge is 2.02. The zero-order chi connectivity index (χ0) is 8.85. The molecule has 1 unspecified atom stereocenters. The first kappa shape index (κ1) is 10.0. The second-order valence-electron chi connectivity index (χ2n) is 2.34. The monoisotopic (exact) mass is 155 g/mol. The van der Waals surface area contributed by atoms with Crippen molar-refractivity contribution >= 4 is 12.1 Å². The standard InChI is InChI=1S/C8H13NO2/c1-3-8(11)6(2)4-7(9)5-10/h4-5,7H,3,9H2,1-2H3/b6-4+. The number of carbonyl (C=O) groups excluding carboxylic acids is 2. The summed E-state index contributed by atoms with van der Waals surface area (Å²) in [5, 5.41) is 0. The molecule has 0 aromatic rings. The zero-order valence-electron chi connectivity index (χ0n) is 6.83. The molecule has 0 saturated heterocycles. The Morgan fingerprint density at radius 3 is 2.55 bits per heavy atom. The first-order chi connectivity index (χ1) is 5.11. The number of nitrogens with two attached hydrogens (primary N) is 1. The van der Waals surface area contributed by atoms with Crippen molar-refractivity contribution in [3.05, 3.63) is 11.6 Å². The van der Waals surface area contributed by atoms with Gasteiger partial charge in [-0.15, -0.1) is 0 Å². The van der Waals surface area contributed by atoms with Gasteiger partial charge in [0.15, 0.2) is 5.78 Å². The van der Waals surface area contributed by atoms with Crippen molar-refractivity contribution in [3.63, 3.8) is 0 Å². The molecular weight excluding hydrogens is 142 g/mol. The van der Waals surface area contributed by atoms with Crippen molar-refractivity contribution in [2.45, 2.75) is 26.3 Å². The van der Waals surface area contributed by atoms with E-state index in [0.717, 1.165) is 0 Å². The minimum absolute atomic E-state index is 0.0299. The summed E-state index contributed by atoms with van der Waals surface area (Å²) < 4.78 is 0. The molecule has 0 bridgehead atoms. The van der Waals surface area contributed by atoms with Crippen LogP contribution in [0, 0.1) is 0 Å². The smallest absolute Gasteiger partial charge is 0.158 e. The molecule has 0 rings (SSSR count). The van der Waals surface area contributed by atoms with E-state index in [9.17, 15) is 9.59 Å². The number of allylic oxidation sites excluding steroid dienone is 1. The molecule has 0 heterocycles. The summed E-state index contributed by atoms with van der Waals surface area (Å²) in [5.41, 5.74) is 5.83. The van der Waals surface area contributed by atoms with Gasteiger partial charge in [0.1, 0.15) is 6.29 Å². The van der Waals surface area contributed by atoms with Gasteiger partial charge in [0.25, 0.3) is 0 Å². The molecule has 0 radical (unpaired) electrons. The van der Waals surface area contributed by atoms with Crippen LogP contribution in [0.15, 0.2) is 11.6 Å². The van der Waals surface area contributed by atoms with Crippen LogP contribution in [0.3, 0.4) is 0 Å². The number of aldehydes is 1. The van der Waals surface area contributed by atoms with Crippen LogP contribution < -0.4 is 5.73 Å². The highest BCUT2D eigenvalue weighted by Crippen LogP contribution is 1.98. The van der Waals surface area contributed by atoms with Crippen LogP contribution in [0.1, 0.15) is 20.3 Å². The summed E-state index contributed by atoms with van der Waals surface area (Å²) in [6.45, 7) is 3.43. The molecular formula is C8H13NO2. The summed E-state index contributed by atoms with van der Waals surface area (Å²) in [6.07, 6.45) is 2.53. The Labute approximate surface area is 66.3 Å². The summed E-state index contributed by atoms with van der Waals surface area (Å²) in [4.78, 5) is 21.0. The number of hydrogen-bond acceptors (Lipinski definition) is 3. The molecule has 1 atom stereocenters. The number of carbonyl (C=O) groups is 2. The van der Waals surface area contributed by atoms with E-state index < -0.39 is 6.04 Å². The van der Waals surface area contributed by atoms with Gasteiger partial charge in [-0.25, -0.2) is 0 Å². The van der Waals surface area contributed by atoms with Crippen LogP contribution in [0.4, 0.5) is 0 Å². The van der Waals surface area contributed by atoms with Crippen molar-refractivity contribution in [3.8, 4) is 0 Å². The fraction of sp³-hybridized carbons (Fsp3) is 0.500. The number of Topliss-reactive ketones (excluding diaryl/α,β-unsaturated/α-hetero) is 1. The second-order valence-corrected chi connectivity index (χ2v) is 2.34. The molecule has 0 saturated carbocycles. The molecule has 3 heteroatoms. The first-order valence-electron chi connectivity index (χ1n) is 3.54. The summed E-state index contributed by atoms with van der Waals surface area (Å²) in [5.74, 6) is 0.0299. The van der Waals surface area contributed by atoms with E-state index >= 15 is 0 Å². The summed E-state index contributed by atoms with van der Waals surface area (Å²) in [6, 6.07) is -0.648. The maximum atomic E-state index is 10.9. The molecule has 0 aliphatic carbocycles. The van der Waals surface area contributed by atoms with Crippen molar-refractivity contribution in [2.24, 2.45) is 5.73 Å². The van der Waals surface area contributed by atoms with Gasteiger partial charge in [0, 0.05) is 6.42 Å². The van der Waals surface area contributed by atoms with Crippen molar-refractivity contribution < 1.29 is 9.59 Å². The lowest BCUT2D eigenvalue weighted by atomic mass is 10.1. The van der Waals surface area contributed by atoms with Crippen LogP contribution in [0.5, 0.6) is 0 Å². The van der Waals surface area contributed by atoms with Gasteiger partial charge in [-0.2, -0.15) is 0 Å². The molecule has 11 heavy (non-hydrogen) atoms. The van der Waals surface area contributed by atoms with Gasteiger partial charge in [0.05, 0.1) is 6.04 Å². The van der Waals surface area contributed by atoms with Crippen LogP contribution in [0.2, 0.25) is 0 Å². The van der Waals surface area contributed by atoms with Crippen LogP contribution in [0.25, 0.3) is 0 Å². The fourth-order valence-electron chi connectivity index (χ4n) is 0.700. The van der Waals surface area contributed by atoms with Gasteiger partial charge in [-0.3, -0.25) is 4.79 Å². The molecule has 0 fully saturated rings. The Kier molecular flexibility index (Phi) is 4.38. The number of hydrogen-bond donors (Lipinski definition) is 1. The van der Waals surface area contributed by atoms with E-state index in [1.807, 2.05) is 0 Å². The Morgan fingerprint density at radius 2 is 2.18 bits per heavy atom. The molecule has 0 aromatic heterocycles. The van der Waals surface area contributed by atoms with Gasteiger partial charge in [-0.05, 0) is 12.5 Å². The summed E-state index contributed by atoms with van der Waals surface area (Å²) >= 11 is 0. The number of ketones is 1. The predicted molar refractivity (Wildman–Crippen MR) is 43.1 cm³/mol. The van der Waals surface area contributed by atoms with E-state index in [0.29, 0.717) is 18.3 Å². The van der Waals surface area contributed by atoms with Crippen LogP contribution >= 0.6 is 0 Å². The molecule has 0 aromatic carbocycles. The average Bonchev–Trinajstić information content (AvgIpc) is 2.02. The number of rotatable bonds is 4. The van der Waals surface area contributed by atoms with E-state index in [1.165, 1.54) is 6.08 Å². The molecule has 0 aliphatic heterocycles.